The number of likely N-dealkylation sites (N-methyl/N-ethyl adjacent to an activating group) is 1. The van der Waals surface area contributed by atoms with E-state index >= 15 is 0 Å². The van der Waals surface area contributed by atoms with Crippen LogP contribution >= 0.6 is 15.9 Å². The van der Waals surface area contributed by atoms with Crippen LogP contribution in [0.3, 0.4) is 0 Å². The van der Waals surface area contributed by atoms with Crippen molar-refractivity contribution in [1.82, 2.24) is 0 Å². The third-order valence-corrected chi connectivity index (χ3v) is 2.64. The van der Waals surface area contributed by atoms with Crippen LogP contribution in [0.2, 0.25) is 0 Å². The van der Waals surface area contributed by atoms with Gasteiger partial charge >= 0.3 is 5.97 Å². The van der Waals surface area contributed by atoms with Gasteiger partial charge in [-0.1, -0.05) is 6.08 Å². The summed E-state index contributed by atoms with van der Waals surface area (Å²) >= 11 is 3.35. The first kappa shape index (κ1) is 11.8. The maximum atomic E-state index is 10.7. The van der Waals surface area contributed by atoms with E-state index in [9.17, 15) is 4.79 Å². The molecule has 0 heterocycles. The highest BCUT2D eigenvalue weighted by molar-refractivity contribution is 9.10. The van der Waals surface area contributed by atoms with Crippen LogP contribution < -0.4 is 4.90 Å². The van der Waals surface area contributed by atoms with Crippen LogP contribution in [-0.2, 0) is 0 Å². The standard InChI is InChI=1S/C11H12BrNO2/c1-3-6-13(2)10-5-4-8(11(14)15)7-9(10)12/h3-5,7H,1,6H2,2H3,(H,14,15). The van der Waals surface area contributed by atoms with Gasteiger partial charge in [0.15, 0.2) is 0 Å². The van der Waals surface area contributed by atoms with Gasteiger partial charge in [-0.05, 0) is 34.1 Å². The molecule has 0 atom stereocenters. The average Bonchev–Trinajstić information content (AvgIpc) is 2.17. The number of carbonyl (C=O) groups is 1. The number of hydrogen-bond acceptors (Lipinski definition) is 2. The zero-order valence-electron chi connectivity index (χ0n) is 8.40. The molecule has 80 valence electrons. The molecule has 15 heavy (non-hydrogen) atoms. The van der Waals surface area contributed by atoms with Crippen molar-refractivity contribution in [3.63, 3.8) is 0 Å². The largest absolute Gasteiger partial charge is 0.478 e. The number of carboxylic acid groups (broad SMARTS) is 1. The van der Waals surface area contributed by atoms with E-state index in [4.69, 9.17) is 5.11 Å². The number of rotatable bonds is 4. The summed E-state index contributed by atoms with van der Waals surface area (Å²) in [4.78, 5) is 12.7. The predicted molar refractivity (Wildman–Crippen MR) is 64.6 cm³/mol. The van der Waals surface area contributed by atoms with Crippen LogP contribution in [0, 0.1) is 0 Å². The van der Waals surface area contributed by atoms with Crippen molar-refractivity contribution in [3.05, 3.63) is 40.9 Å². The quantitative estimate of drug-likeness (QED) is 0.855. The maximum Gasteiger partial charge on any atom is 0.335 e. The average molecular weight is 270 g/mol. The lowest BCUT2D eigenvalue weighted by atomic mass is 10.2. The smallest absolute Gasteiger partial charge is 0.335 e. The topological polar surface area (TPSA) is 40.5 Å². The van der Waals surface area contributed by atoms with Gasteiger partial charge in [0.1, 0.15) is 0 Å². The second kappa shape index (κ2) is 4.98. The first-order valence-corrected chi connectivity index (χ1v) is 5.20. The fourth-order valence-electron chi connectivity index (χ4n) is 1.24. The molecule has 0 saturated carbocycles. The Bertz CT molecular complexity index is 390. The molecular weight excluding hydrogens is 258 g/mol. The van der Waals surface area contributed by atoms with E-state index in [2.05, 4.69) is 22.5 Å². The van der Waals surface area contributed by atoms with Gasteiger partial charge < -0.3 is 10.0 Å². The van der Waals surface area contributed by atoms with Gasteiger partial charge in [0.05, 0.1) is 11.3 Å². The number of benzene rings is 1. The zero-order valence-corrected chi connectivity index (χ0v) is 9.99. The fourth-order valence-corrected chi connectivity index (χ4v) is 1.92. The lowest BCUT2D eigenvalue weighted by Crippen LogP contribution is -2.17. The minimum Gasteiger partial charge on any atom is -0.478 e. The molecule has 1 N–H and O–H groups in total. The lowest BCUT2D eigenvalue weighted by molar-refractivity contribution is 0.0697. The van der Waals surface area contributed by atoms with Crippen molar-refractivity contribution in [3.8, 4) is 0 Å². The van der Waals surface area contributed by atoms with Gasteiger partial charge in [0.25, 0.3) is 0 Å². The van der Waals surface area contributed by atoms with Crippen LogP contribution in [0.5, 0.6) is 0 Å². The Morgan fingerprint density at radius 3 is 2.80 bits per heavy atom. The summed E-state index contributed by atoms with van der Waals surface area (Å²) in [5.41, 5.74) is 1.22. The van der Waals surface area contributed by atoms with E-state index in [-0.39, 0.29) is 5.56 Å². The molecule has 1 rings (SSSR count). The van der Waals surface area contributed by atoms with E-state index in [1.807, 2.05) is 11.9 Å². The van der Waals surface area contributed by atoms with Crippen molar-refractivity contribution in [2.24, 2.45) is 0 Å². The number of hydrogen-bond donors (Lipinski definition) is 1. The molecule has 0 amide bonds. The Morgan fingerprint density at radius 2 is 2.33 bits per heavy atom. The van der Waals surface area contributed by atoms with Gasteiger partial charge in [-0.2, -0.15) is 0 Å². The molecule has 0 aromatic heterocycles. The molecule has 0 fully saturated rings. The molecule has 0 saturated heterocycles. The highest BCUT2D eigenvalue weighted by atomic mass is 79.9. The summed E-state index contributed by atoms with van der Waals surface area (Å²) in [6.45, 7) is 4.36. The Morgan fingerprint density at radius 1 is 1.67 bits per heavy atom. The van der Waals surface area contributed by atoms with Gasteiger partial charge in [-0.25, -0.2) is 4.79 Å². The normalized spacial score (nSPS) is 9.73. The van der Waals surface area contributed by atoms with Crippen molar-refractivity contribution in [2.45, 2.75) is 0 Å². The first-order valence-electron chi connectivity index (χ1n) is 4.41. The van der Waals surface area contributed by atoms with Crippen LogP contribution in [0.25, 0.3) is 0 Å². The lowest BCUT2D eigenvalue weighted by Gasteiger charge is -2.18. The molecule has 4 heteroatoms. The predicted octanol–water partition coefficient (Wildman–Crippen LogP) is 2.77. The van der Waals surface area contributed by atoms with Crippen molar-refractivity contribution in [1.29, 1.82) is 0 Å². The van der Waals surface area contributed by atoms with Crippen molar-refractivity contribution >= 4 is 27.6 Å². The monoisotopic (exact) mass is 269 g/mol. The molecule has 0 aliphatic rings. The summed E-state index contributed by atoms with van der Waals surface area (Å²) in [7, 11) is 1.92. The molecule has 0 bridgehead atoms. The van der Waals surface area contributed by atoms with Crippen LogP contribution in [0.15, 0.2) is 35.3 Å². The third-order valence-electron chi connectivity index (χ3n) is 2.01. The molecule has 1 aromatic rings. The van der Waals surface area contributed by atoms with Crippen molar-refractivity contribution < 1.29 is 9.90 Å². The molecule has 0 aliphatic carbocycles. The molecular formula is C11H12BrNO2. The summed E-state index contributed by atoms with van der Waals surface area (Å²) in [5.74, 6) is -0.923. The molecule has 0 unspecified atom stereocenters. The minimum atomic E-state index is -0.923. The van der Waals surface area contributed by atoms with E-state index in [1.165, 1.54) is 0 Å². The molecule has 1 aromatic carbocycles. The van der Waals surface area contributed by atoms with Gasteiger partial charge in [0.2, 0.25) is 0 Å². The number of halogens is 1. The second-order valence-electron chi connectivity index (χ2n) is 3.14. The summed E-state index contributed by atoms with van der Waals surface area (Å²) in [6, 6.07) is 4.95. The minimum absolute atomic E-state index is 0.276. The van der Waals surface area contributed by atoms with Crippen LogP contribution in [0.1, 0.15) is 10.4 Å². The Kier molecular flexibility index (Phi) is 3.91. The van der Waals surface area contributed by atoms with E-state index < -0.39 is 5.97 Å². The van der Waals surface area contributed by atoms with Gasteiger partial charge in [-0.3, -0.25) is 0 Å². The molecule has 0 aliphatic heterocycles. The Hall–Kier alpha value is -1.29. The summed E-state index contributed by atoms with van der Waals surface area (Å²) < 4.78 is 0.770. The van der Waals surface area contributed by atoms with Gasteiger partial charge in [0, 0.05) is 18.1 Å². The zero-order chi connectivity index (χ0) is 11.4. The van der Waals surface area contributed by atoms with Crippen molar-refractivity contribution in [2.75, 3.05) is 18.5 Å². The van der Waals surface area contributed by atoms with E-state index in [0.717, 1.165) is 10.2 Å². The first-order chi connectivity index (χ1) is 7.06. The molecule has 3 nitrogen and oxygen atoms in total. The van der Waals surface area contributed by atoms with Crippen LogP contribution in [0.4, 0.5) is 5.69 Å². The van der Waals surface area contributed by atoms with E-state index in [1.54, 1.807) is 24.3 Å². The highest BCUT2D eigenvalue weighted by Gasteiger charge is 2.08. The number of anilines is 1. The summed E-state index contributed by atoms with van der Waals surface area (Å²) in [6.07, 6.45) is 1.79. The third kappa shape index (κ3) is 2.83. The molecule has 0 radical (unpaired) electrons. The second-order valence-corrected chi connectivity index (χ2v) is 3.99. The maximum absolute atomic E-state index is 10.7. The number of nitrogens with zero attached hydrogens (tertiary/aromatic N) is 1. The Balaban J connectivity index is 3.02. The summed E-state index contributed by atoms with van der Waals surface area (Å²) in [5, 5.41) is 8.79. The van der Waals surface area contributed by atoms with E-state index in [0.29, 0.717) is 6.54 Å². The van der Waals surface area contributed by atoms with Gasteiger partial charge in [-0.15, -0.1) is 6.58 Å². The Labute approximate surface area is 97.1 Å². The highest BCUT2D eigenvalue weighted by Crippen LogP contribution is 2.26. The van der Waals surface area contributed by atoms with Crippen LogP contribution in [-0.4, -0.2) is 24.7 Å². The SMILES string of the molecule is C=CCN(C)c1ccc(C(=O)O)cc1Br. The number of carboxylic acids is 1. The fraction of sp³-hybridized carbons (Fsp3) is 0.182. The number of aromatic carboxylic acids is 1. The molecule has 0 spiro atoms.